The molecule has 1 atom stereocenters. The summed E-state index contributed by atoms with van der Waals surface area (Å²) < 4.78 is 0. The third-order valence-electron chi connectivity index (χ3n) is 5.79. The molecule has 3 aromatic rings. The second kappa shape index (κ2) is 7.69. The topological polar surface area (TPSA) is 31.9 Å². The van der Waals surface area contributed by atoms with Crippen molar-refractivity contribution in [1.82, 2.24) is 15.1 Å². The number of benzene rings is 2. The lowest BCUT2D eigenvalue weighted by atomic mass is 9.90. The third kappa shape index (κ3) is 4.39. The highest BCUT2D eigenvalue weighted by atomic mass is 32.2. The average Bonchev–Trinajstić information content (AvgIpc) is 3.37. The van der Waals surface area contributed by atoms with Gasteiger partial charge in [0.15, 0.2) is 0 Å². The lowest BCUT2D eigenvalue weighted by molar-refractivity contribution is 0.167. The van der Waals surface area contributed by atoms with Crippen LogP contribution in [0.2, 0.25) is 0 Å². The van der Waals surface area contributed by atoms with Crippen LogP contribution in [0.5, 0.6) is 0 Å². The first-order valence-corrected chi connectivity index (χ1v) is 11.1. The van der Waals surface area contributed by atoms with Crippen molar-refractivity contribution in [3.05, 3.63) is 59.8 Å². The maximum Gasteiger partial charge on any atom is 0.0650 e. The zero-order chi connectivity index (χ0) is 18.1. The number of thioether (sulfide) groups is 1. The van der Waals surface area contributed by atoms with Crippen molar-refractivity contribution in [3.8, 4) is 0 Å². The van der Waals surface area contributed by atoms with Crippen LogP contribution in [-0.4, -0.2) is 33.4 Å². The van der Waals surface area contributed by atoms with Crippen molar-refractivity contribution >= 4 is 22.7 Å². The molecule has 0 radical (unpaired) electrons. The predicted molar refractivity (Wildman–Crippen MR) is 113 cm³/mol. The Hall–Kier alpha value is -1.78. The molecule has 1 aromatic heterocycles. The largest absolute Gasteiger partial charge is 0.299 e. The number of hydrogen-bond donors (Lipinski definition) is 1. The van der Waals surface area contributed by atoms with Gasteiger partial charge < -0.3 is 0 Å². The standard InChI is InChI=1S/C23H27N3S/c1-2-19(12-18-5-10-23-20(13-18)14-24-25-23)16-26(11-1)15-17-3-6-21(7-4-17)27-22-8-9-22/h3-7,10,13-14,19,22H,1-2,8-9,11-12,15-16H2,(H,24,25). The highest BCUT2D eigenvalue weighted by molar-refractivity contribution is 8.00. The monoisotopic (exact) mass is 377 g/mol. The minimum Gasteiger partial charge on any atom is -0.299 e. The van der Waals surface area contributed by atoms with Crippen molar-refractivity contribution in [2.75, 3.05) is 13.1 Å². The van der Waals surface area contributed by atoms with Gasteiger partial charge in [-0.3, -0.25) is 10.00 Å². The number of piperidine rings is 1. The summed E-state index contributed by atoms with van der Waals surface area (Å²) in [5.41, 5.74) is 4.03. The molecule has 4 heteroatoms. The van der Waals surface area contributed by atoms with E-state index in [1.807, 2.05) is 18.0 Å². The lowest BCUT2D eigenvalue weighted by Gasteiger charge is -2.33. The van der Waals surface area contributed by atoms with Crippen LogP contribution in [0.3, 0.4) is 0 Å². The lowest BCUT2D eigenvalue weighted by Crippen LogP contribution is -2.35. The van der Waals surface area contributed by atoms with Crippen LogP contribution < -0.4 is 0 Å². The van der Waals surface area contributed by atoms with Gasteiger partial charge in [-0.2, -0.15) is 5.10 Å². The van der Waals surface area contributed by atoms with Gasteiger partial charge in [0.05, 0.1) is 11.7 Å². The van der Waals surface area contributed by atoms with E-state index < -0.39 is 0 Å². The second-order valence-corrected chi connectivity index (χ2v) is 9.57. The molecule has 2 aliphatic rings. The number of nitrogens with one attached hydrogen (secondary N) is 1. The summed E-state index contributed by atoms with van der Waals surface area (Å²) in [5, 5.41) is 9.30. The molecule has 1 saturated heterocycles. The molecule has 140 valence electrons. The highest BCUT2D eigenvalue weighted by Crippen LogP contribution is 2.39. The van der Waals surface area contributed by atoms with Crippen LogP contribution in [0.1, 0.15) is 36.8 Å². The summed E-state index contributed by atoms with van der Waals surface area (Å²) >= 11 is 2.05. The maximum atomic E-state index is 4.14. The van der Waals surface area contributed by atoms with Crippen LogP contribution in [0.15, 0.2) is 53.6 Å². The summed E-state index contributed by atoms with van der Waals surface area (Å²) in [6.45, 7) is 3.53. The van der Waals surface area contributed by atoms with E-state index in [-0.39, 0.29) is 0 Å². The molecule has 5 rings (SSSR count). The van der Waals surface area contributed by atoms with Crippen molar-refractivity contribution in [2.24, 2.45) is 5.92 Å². The Labute approximate surface area is 165 Å². The van der Waals surface area contributed by atoms with Gasteiger partial charge >= 0.3 is 0 Å². The molecule has 3 nitrogen and oxygen atoms in total. The quantitative estimate of drug-likeness (QED) is 0.635. The SMILES string of the molecule is c1cc2[nH]ncc2cc1CC1CCCN(Cc2ccc(SC3CC3)cc2)C1. The van der Waals surface area contributed by atoms with Crippen molar-refractivity contribution in [1.29, 1.82) is 0 Å². The van der Waals surface area contributed by atoms with Crippen molar-refractivity contribution < 1.29 is 0 Å². The van der Waals surface area contributed by atoms with Gasteiger partial charge in [-0.1, -0.05) is 18.2 Å². The Bertz CT molecular complexity index is 897. The Morgan fingerprint density at radius 1 is 1.04 bits per heavy atom. The summed E-state index contributed by atoms with van der Waals surface area (Å²) in [6.07, 6.45) is 8.56. The van der Waals surface area contributed by atoms with Crippen LogP contribution >= 0.6 is 11.8 Å². The first kappa shape index (κ1) is 17.3. The van der Waals surface area contributed by atoms with E-state index >= 15 is 0 Å². The number of aromatic nitrogens is 2. The van der Waals surface area contributed by atoms with Gasteiger partial charge in [0.2, 0.25) is 0 Å². The fraction of sp³-hybridized carbons (Fsp3) is 0.435. The van der Waals surface area contributed by atoms with Gasteiger partial charge in [-0.25, -0.2) is 0 Å². The number of nitrogens with zero attached hydrogens (tertiary/aromatic N) is 2. The van der Waals surface area contributed by atoms with Crippen LogP contribution in [0.4, 0.5) is 0 Å². The first-order valence-electron chi connectivity index (χ1n) is 10.2. The normalized spacial score (nSPS) is 21.0. The molecular weight excluding hydrogens is 350 g/mol. The molecule has 0 amide bonds. The summed E-state index contributed by atoms with van der Waals surface area (Å²) in [4.78, 5) is 4.08. The van der Waals surface area contributed by atoms with E-state index in [0.717, 1.165) is 23.2 Å². The summed E-state index contributed by atoms with van der Waals surface area (Å²) in [6, 6.07) is 16.0. The Morgan fingerprint density at radius 3 is 2.74 bits per heavy atom. The summed E-state index contributed by atoms with van der Waals surface area (Å²) in [7, 11) is 0. The van der Waals surface area contributed by atoms with Crippen molar-refractivity contribution in [2.45, 2.75) is 48.8 Å². The van der Waals surface area contributed by atoms with Gasteiger partial charge in [0.25, 0.3) is 0 Å². The van der Waals surface area contributed by atoms with Crippen LogP contribution in [0, 0.1) is 5.92 Å². The second-order valence-electron chi connectivity index (χ2n) is 8.20. The van der Waals surface area contributed by atoms with E-state index in [4.69, 9.17) is 0 Å². The average molecular weight is 378 g/mol. The molecule has 2 fully saturated rings. The molecular formula is C23H27N3S. The zero-order valence-electron chi connectivity index (χ0n) is 15.7. The fourth-order valence-electron chi connectivity index (χ4n) is 4.22. The first-order chi connectivity index (χ1) is 13.3. The third-order valence-corrected chi connectivity index (χ3v) is 7.14. The molecule has 0 spiro atoms. The van der Waals surface area contributed by atoms with Crippen LogP contribution in [-0.2, 0) is 13.0 Å². The van der Waals surface area contributed by atoms with Gasteiger partial charge in [-0.05, 0) is 80.0 Å². The molecule has 2 aromatic carbocycles. The van der Waals surface area contributed by atoms with E-state index in [9.17, 15) is 0 Å². The number of rotatable bonds is 6. The molecule has 1 N–H and O–H groups in total. The fourth-order valence-corrected chi connectivity index (χ4v) is 5.27. The Balaban J connectivity index is 1.18. The van der Waals surface area contributed by atoms with E-state index in [1.165, 1.54) is 66.6 Å². The predicted octanol–water partition coefficient (Wildman–Crippen LogP) is 5.27. The minimum absolute atomic E-state index is 0.757. The molecule has 1 unspecified atom stereocenters. The summed E-state index contributed by atoms with van der Waals surface area (Å²) in [5.74, 6) is 0.757. The van der Waals surface area contributed by atoms with E-state index in [2.05, 4.69) is 57.6 Å². The molecule has 1 aliphatic carbocycles. The number of likely N-dealkylation sites (tertiary alicyclic amines) is 1. The van der Waals surface area contributed by atoms with Crippen molar-refractivity contribution in [3.63, 3.8) is 0 Å². The van der Waals surface area contributed by atoms with Gasteiger partial charge in [0.1, 0.15) is 0 Å². The molecule has 2 heterocycles. The molecule has 27 heavy (non-hydrogen) atoms. The minimum atomic E-state index is 0.757. The number of fused-ring (bicyclic) bond motifs is 1. The number of aromatic amines is 1. The van der Waals surface area contributed by atoms with E-state index in [1.54, 1.807) is 0 Å². The smallest absolute Gasteiger partial charge is 0.0650 e. The number of hydrogen-bond acceptors (Lipinski definition) is 3. The molecule has 1 aliphatic heterocycles. The van der Waals surface area contributed by atoms with Gasteiger partial charge in [0, 0.05) is 28.6 Å². The number of H-pyrrole nitrogens is 1. The molecule has 0 bridgehead atoms. The van der Waals surface area contributed by atoms with Gasteiger partial charge in [-0.15, -0.1) is 11.8 Å². The molecule has 1 saturated carbocycles. The van der Waals surface area contributed by atoms with Crippen LogP contribution in [0.25, 0.3) is 10.9 Å². The maximum absolute atomic E-state index is 4.14. The van der Waals surface area contributed by atoms with E-state index in [0.29, 0.717) is 0 Å². The zero-order valence-corrected chi connectivity index (χ0v) is 16.5. The Morgan fingerprint density at radius 2 is 1.89 bits per heavy atom. The highest BCUT2D eigenvalue weighted by Gasteiger charge is 2.23. The Kier molecular flexibility index (Phi) is 4.93.